The Balaban J connectivity index is 1.93. The molecule has 2 rings (SSSR count). The van der Waals surface area contributed by atoms with Crippen molar-refractivity contribution in [1.82, 2.24) is 9.78 Å². The fourth-order valence-corrected chi connectivity index (χ4v) is 2.73. The second kappa shape index (κ2) is 4.58. The lowest BCUT2D eigenvalue weighted by Gasteiger charge is -2.38. The molecule has 3 nitrogen and oxygen atoms in total. The zero-order chi connectivity index (χ0) is 11.6. The van der Waals surface area contributed by atoms with Gasteiger partial charge in [-0.1, -0.05) is 19.8 Å². The summed E-state index contributed by atoms with van der Waals surface area (Å²) >= 11 is 0. The van der Waals surface area contributed by atoms with Crippen molar-refractivity contribution in [3.63, 3.8) is 0 Å². The van der Waals surface area contributed by atoms with Crippen LogP contribution in [-0.2, 0) is 13.5 Å². The predicted molar refractivity (Wildman–Crippen MR) is 64.1 cm³/mol. The quantitative estimate of drug-likeness (QED) is 0.852. The average Bonchev–Trinajstić information content (AvgIpc) is 2.67. The highest BCUT2D eigenvalue weighted by atomic mass is 16.3. The maximum atomic E-state index is 10.6. The molecule has 1 heterocycles. The SMILES string of the molecule is CC1CCCCC1(O)CCc1cnn(C)c1. The van der Waals surface area contributed by atoms with Crippen LogP contribution in [0.3, 0.4) is 0 Å². The van der Waals surface area contributed by atoms with E-state index in [4.69, 9.17) is 0 Å². The van der Waals surface area contributed by atoms with Crippen LogP contribution in [-0.4, -0.2) is 20.5 Å². The van der Waals surface area contributed by atoms with E-state index in [-0.39, 0.29) is 0 Å². The molecule has 3 heteroatoms. The van der Waals surface area contributed by atoms with Crippen molar-refractivity contribution >= 4 is 0 Å². The van der Waals surface area contributed by atoms with Gasteiger partial charge in [-0.25, -0.2) is 0 Å². The van der Waals surface area contributed by atoms with E-state index in [1.165, 1.54) is 24.8 Å². The molecule has 90 valence electrons. The van der Waals surface area contributed by atoms with Gasteiger partial charge in [-0.2, -0.15) is 5.10 Å². The molecule has 1 aliphatic carbocycles. The van der Waals surface area contributed by atoms with Gasteiger partial charge in [-0.3, -0.25) is 4.68 Å². The van der Waals surface area contributed by atoms with E-state index in [0.29, 0.717) is 5.92 Å². The summed E-state index contributed by atoms with van der Waals surface area (Å²) in [4.78, 5) is 0. The van der Waals surface area contributed by atoms with Crippen LogP contribution >= 0.6 is 0 Å². The molecule has 1 aliphatic rings. The normalized spacial score (nSPS) is 30.6. The average molecular weight is 222 g/mol. The zero-order valence-electron chi connectivity index (χ0n) is 10.3. The van der Waals surface area contributed by atoms with Crippen LogP contribution < -0.4 is 0 Å². The number of hydrogen-bond acceptors (Lipinski definition) is 2. The molecule has 0 bridgehead atoms. The minimum atomic E-state index is -0.436. The first-order chi connectivity index (χ1) is 7.60. The number of aliphatic hydroxyl groups is 1. The molecule has 0 radical (unpaired) electrons. The van der Waals surface area contributed by atoms with Gasteiger partial charge >= 0.3 is 0 Å². The van der Waals surface area contributed by atoms with Gasteiger partial charge in [-0.15, -0.1) is 0 Å². The molecule has 1 aromatic rings. The highest BCUT2D eigenvalue weighted by molar-refractivity contribution is 5.05. The molecule has 1 N–H and O–H groups in total. The van der Waals surface area contributed by atoms with Crippen molar-refractivity contribution in [1.29, 1.82) is 0 Å². The Labute approximate surface area is 97.5 Å². The van der Waals surface area contributed by atoms with Crippen molar-refractivity contribution in [2.45, 2.75) is 51.0 Å². The summed E-state index contributed by atoms with van der Waals surface area (Å²) in [5.74, 6) is 0.443. The number of rotatable bonds is 3. The van der Waals surface area contributed by atoms with E-state index < -0.39 is 5.60 Å². The Morgan fingerprint density at radius 1 is 1.56 bits per heavy atom. The van der Waals surface area contributed by atoms with Crippen molar-refractivity contribution in [3.05, 3.63) is 18.0 Å². The lowest BCUT2D eigenvalue weighted by Crippen LogP contribution is -2.39. The van der Waals surface area contributed by atoms with E-state index in [9.17, 15) is 5.11 Å². The monoisotopic (exact) mass is 222 g/mol. The molecule has 0 spiro atoms. The molecule has 16 heavy (non-hydrogen) atoms. The van der Waals surface area contributed by atoms with Crippen molar-refractivity contribution in [2.75, 3.05) is 0 Å². The Morgan fingerprint density at radius 3 is 3.00 bits per heavy atom. The van der Waals surface area contributed by atoms with Gasteiger partial charge in [0.25, 0.3) is 0 Å². The summed E-state index contributed by atoms with van der Waals surface area (Å²) in [6.07, 6.45) is 10.3. The van der Waals surface area contributed by atoms with Crippen LogP contribution in [0, 0.1) is 5.92 Å². The van der Waals surface area contributed by atoms with E-state index >= 15 is 0 Å². The number of hydrogen-bond donors (Lipinski definition) is 1. The number of aromatic nitrogens is 2. The molecular formula is C13H22N2O. The maximum Gasteiger partial charge on any atom is 0.0676 e. The smallest absolute Gasteiger partial charge is 0.0676 e. The lowest BCUT2D eigenvalue weighted by atomic mass is 9.73. The van der Waals surface area contributed by atoms with E-state index in [0.717, 1.165) is 19.3 Å². The van der Waals surface area contributed by atoms with Gasteiger partial charge in [0, 0.05) is 13.2 Å². The summed E-state index contributed by atoms with van der Waals surface area (Å²) in [6, 6.07) is 0. The Bertz CT molecular complexity index is 347. The predicted octanol–water partition coefficient (Wildman–Crippen LogP) is 2.29. The standard InChI is InChI=1S/C13H22N2O/c1-11-5-3-4-7-13(11,16)8-6-12-9-14-15(2)10-12/h9-11,16H,3-8H2,1-2H3. The van der Waals surface area contributed by atoms with E-state index in [1.807, 2.05) is 24.1 Å². The number of aryl methyl sites for hydroxylation is 2. The Morgan fingerprint density at radius 2 is 2.38 bits per heavy atom. The summed E-state index contributed by atoms with van der Waals surface area (Å²) in [5.41, 5.74) is 0.794. The van der Waals surface area contributed by atoms with Crippen molar-refractivity contribution < 1.29 is 5.11 Å². The Hall–Kier alpha value is -0.830. The van der Waals surface area contributed by atoms with E-state index in [2.05, 4.69) is 12.0 Å². The van der Waals surface area contributed by atoms with Gasteiger partial charge in [0.2, 0.25) is 0 Å². The minimum Gasteiger partial charge on any atom is -0.390 e. The van der Waals surface area contributed by atoms with Gasteiger partial charge < -0.3 is 5.11 Å². The van der Waals surface area contributed by atoms with Gasteiger partial charge in [0.1, 0.15) is 0 Å². The molecule has 1 saturated carbocycles. The third-order valence-electron chi connectivity index (χ3n) is 4.02. The van der Waals surface area contributed by atoms with Gasteiger partial charge in [-0.05, 0) is 37.2 Å². The highest BCUT2D eigenvalue weighted by Crippen LogP contribution is 2.36. The highest BCUT2D eigenvalue weighted by Gasteiger charge is 2.35. The zero-order valence-corrected chi connectivity index (χ0v) is 10.3. The van der Waals surface area contributed by atoms with Crippen LogP contribution in [0.4, 0.5) is 0 Å². The first-order valence-electron chi connectivity index (χ1n) is 6.30. The first kappa shape index (κ1) is 11.6. The van der Waals surface area contributed by atoms with Crippen LogP contribution in [0.2, 0.25) is 0 Å². The second-order valence-corrected chi connectivity index (χ2v) is 5.27. The lowest BCUT2D eigenvalue weighted by molar-refractivity contribution is -0.0475. The Kier molecular flexibility index (Phi) is 3.33. The molecule has 0 saturated heterocycles. The summed E-state index contributed by atoms with van der Waals surface area (Å²) in [7, 11) is 1.93. The van der Waals surface area contributed by atoms with Crippen molar-refractivity contribution in [2.24, 2.45) is 13.0 Å². The third-order valence-corrected chi connectivity index (χ3v) is 4.02. The molecule has 2 unspecified atom stereocenters. The maximum absolute atomic E-state index is 10.6. The van der Waals surface area contributed by atoms with E-state index in [1.54, 1.807) is 0 Å². The van der Waals surface area contributed by atoms with Gasteiger partial charge in [0.05, 0.1) is 11.8 Å². The largest absolute Gasteiger partial charge is 0.390 e. The topological polar surface area (TPSA) is 38.1 Å². The molecular weight excluding hydrogens is 200 g/mol. The molecule has 0 aliphatic heterocycles. The molecule has 1 fully saturated rings. The van der Waals surface area contributed by atoms with Gasteiger partial charge in [0.15, 0.2) is 0 Å². The molecule has 1 aromatic heterocycles. The van der Waals surface area contributed by atoms with Crippen LogP contribution in [0.15, 0.2) is 12.4 Å². The van der Waals surface area contributed by atoms with Crippen molar-refractivity contribution in [3.8, 4) is 0 Å². The van der Waals surface area contributed by atoms with Crippen LogP contribution in [0.25, 0.3) is 0 Å². The molecule has 0 amide bonds. The number of nitrogens with zero attached hydrogens (tertiary/aromatic N) is 2. The van der Waals surface area contributed by atoms with Crippen LogP contribution in [0.5, 0.6) is 0 Å². The fraction of sp³-hybridized carbons (Fsp3) is 0.769. The molecule has 0 aromatic carbocycles. The third kappa shape index (κ3) is 2.46. The summed E-state index contributed by atoms with van der Waals surface area (Å²) in [5, 5.41) is 14.7. The minimum absolute atomic E-state index is 0.436. The van der Waals surface area contributed by atoms with Crippen LogP contribution in [0.1, 0.15) is 44.6 Å². The first-order valence-corrected chi connectivity index (χ1v) is 6.30. The summed E-state index contributed by atoms with van der Waals surface area (Å²) in [6.45, 7) is 2.18. The summed E-state index contributed by atoms with van der Waals surface area (Å²) < 4.78 is 1.82. The second-order valence-electron chi connectivity index (χ2n) is 5.27. The fourth-order valence-electron chi connectivity index (χ4n) is 2.73. The molecule has 2 atom stereocenters.